The first-order chi connectivity index (χ1) is 21.2. The van der Waals surface area contributed by atoms with Gasteiger partial charge in [0.05, 0.1) is 24.1 Å². The molecule has 2 heterocycles. The van der Waals surface area contributed by atoms with Gasteiger partial charge in [-0.1, -0.05) is 26.0 Å². The van der Waals surface area contributed by atoms with Crippen molar-refractivity contribution < 1.29 is 38.3 Å². The van der Waals surface area contributed by atoms with Crippen molar-refractivity contribution in [3.63, 3.8) is 0 Å². The van der Waals surface area contributed by atoms with Crippen molar-refractivity contribution in [1.29, 1.82) is 0 Å². The zero-order valence-electron chi connectivity index (χ0n) is 27.0. The van der Waals surface area contributed by atoms with Crippen LogP contribution in [0, 0.1) is 17.8 Å². The van der Waals surface area contributed by atoms with Gasteiger partial charge in [0.25, 0.3) is 5.91 Å². The largest absolute Gasteiger partial charge is 0.492 e. The number of carbonyl (C=O) groups excluding carboxylic acids is 5. The molecule has 0 aliphatic carbocycles. The molecule has 246 valence electrons. The third kappa shape index (κ3) is 8.70. The van der Waals surface area contributed by atoms with Gasteiger partial charge in [-0.25, -0.2) is 10.3 Å². The summed E-state index contributed by atoms with van der Waals surface area (Å²) < 4.78 is 11.1. The first-order valence-corrected chi connectivity index (χ1v) is 15.0. The van der Waals surface area contributed by atoms with Crippen LogP contribution in [0.4, 0.5) is 4.79 Å². The molecule has 0 spiro atoms. The van der Waals surface area contributed by atoms with Gasteiger partial charge in [0.1, 0.15) is 17.9 Å². The first-order valence-electron chi connectivity index (χ1n) is 15.0. The van der Waals surface area contributed by atoms with E-state index in [1.54, 1.807) is 49.7 Å². The number of carbonyl (C=O) groups is 5. The van der Waals surface area contributed by atoms with Crippen LogP contribution in [0.15, 0.2) is 47.1 Å². The number of amides is 5. The van der Waals surface area contributed by atoms with Crippen LogP contribution in [0.25, 0.3) is 0 Å². The van der Waals surface area contributed by atoms with Crippen molar-refractivity contribution in [2.45, 2.75) is 52.1 Å². The lowest BCUT2D eigenvalue weighted by molar-refractivity contribution is -0.143. The summed E-state index contributed by atoms with van der Waals surface area (Å²) in [7, 11) is 5.38. The highest BCUT2D eigenvalue weighted by molar-refractivity contribution is 6.07. The van der Waals surface area contributed by atoms with Crippen molar-refractivity contribution in [2.24, 2.45) is 17.8 Å². The van der Waals surface area contributed by atoms with Crippen LogP contribution in [0.2, 0.25) is 0 Å². The van der Waals surface area contributed by atoms with Crippen molar-refractivity contribution in [3.8, 4) is 5.75 Å². The molecule has 1 aliphatic rings. The van der Waals surface area contributed by atoms with Crippen LogP contribution >= 0.6 is 0 Å². The summed E-state index contributed by atoms with van der Waals surface area (Å²) in [6.45, 7) is 7.68. The molecule has 1 saturated heterocycles. The second-order valence-electron chi connectivity index (χ2n) is 12.5. The number of hydrogen-bond donors (Lipinski definition) is 3. The van der Waals surface area contributed by atoms with E-state index in [2.05, 4.69) is 5.32 Å². The number of ether oxygens (including phenoxy) is 1. The fourth-order valence-corrected chi connectivity index (χ4v) is 5.16. The minimum Gasteiger partial charge on any atom is -0.492 e. The summed E-state index contributed by atoms with van der Waals surface area (Å²) >= 11 is 0. The third-order valence-corrected chi connectivity index (χ3v) is 8.07. The number of urea groups is 1. The van der Waals surface area contributed by atoms with Gasteiger partial charge < -0.3 is 24.3 Å². The molecule has 0 radical (unpaired) electrons. The van der Waals surface area contributed by atoms with Crippen molar-refractivity contribution in [3.05, 3.63) is 54.0 Å². The van der Waals surface area contributed by atoms with Crippen LogP contribution in [-0.4, -0.2) is 102 Å². The summed E-state index contributed by atoms with van der Waals surface area (Å²) in [4.78, 5) is 70.8. The minimum atomic E-state index is -1.30. The number of benzene rings is 1. The van der Waals surface area contributed by atoms with Crippen molar-refractivity contribution in [2.75, 3.05) is 40.8 Å². The lowest BCUT2D eigenvalue weighted by atomic mass is 9.83. The van der Waals surface area contributed by atoms with E-state index in [1.165, 1.54) is 24.3 Å². The monoisotopic (exact) mass is 627 g/mol. The fraction of sp³-hybridized carbons (Fsp3) is 0.531. The quantitative estimate of drug-likeness (QED) is 0.110. The lowest BCUT2D eigenvalue weighted by Crippen LogP contribution is -2.52. The van der Waals surface area contributed by atoms with Crippen LogP contribution in [-0.2, 0) is 20.8 Å². The number of nitrogens with one attached hydrogen (secondary N) is 2. The van der Waals surface area contributed by atoms with Crippen LogP contribution in [0.1, 0.15) is 50.2 Å². The number of rotatable bonds is 16. The molecular formula is C32H45N5O8. The maximum atomic E-state index is 14.0. The summed E-state index contributed by atoms with van der Waals surface area (Å²) in [5.41, 5.74) is 1.18. The summed E-state index contributed by atoms with van der Waals surface area (Å²) in [5.74, 6) is -4.37. The van der Waals surface area contributed by atoms with E-state index in [1.807, 2.05) is 32.8 Å². The highest BCUT2D eigenvalue weighted by Crippen LogP contribution is 2.30. The second kappa shape index (κ2) is 15.2. The Labute approximate surface area is 263 Å². The highest BCUT2D eigenvalue weighted by Gasteiger charge is 2.51. The number of hydrogen-bond acceptors (Lipinski definition) is 9. The predicted octanol–water partition coefficient (Wildman–Crippen LogP) is 2.59. The highest BCUT2D eigenvalue weighted by atomic mass is 16.5. The summed E-state index contributed by atoms with van der Waals surface area (Å²) in [6.07, 6.45) is 1.63. The topological polar surface area (TPSA) is 162 Å². The molecule has 5 amide bonds. The minimum absolute atomic E-state index is 0.0486. The number of imide groups is 1. The van der Waals surface area contributed by atoms with E-state index in [0.29, 0.717) is 12.4 Å². The third-order valence-electron chi connectivity index (χ3n) is 8.07. The molecule has 0 saturated carbocycles. The smallest absolute Gasteiger partial charge is 0.327 e. The van der Waals surface area contributed by atoms with Crippen LogP contribution in [0.5, 0.6) is 5.75 Å². The Morgan fingerprint density at radius 3 is 2.22 bits per heavy atom. The normalized spacial score (nSPS) is 16.6. The molecule has 1 fully saturated rings. The van der Waals surface area contributed by atoms with Crippen molar-refractivity contribution in [1.82, 2.24) is 25.5 Å². The predicted molar refractivity (Wildman–Crippen MR) is 164 cm³/mol. The number of ketones is 1. The maximum absolute atomic E-state index is 14.0. The van der Waals surface area contributed by atoms with Gasteiger partial charge in [-0.15, -0.1) is 0 Å². The van der Waals surface area contributed by atoms with Gasteiger partial charge in [-0.05, 0) is 70.1 Å². The number of nitrogens with zero attached hydrogens (tertiary/aromatic N) is 3. The second-order valence-corrected chi connectivity index (χ2v) is 12.5. The zero-order chi connectivity index (χ0) is 33.5. The van der Waals surface area contributed by atoms with Crippen LogP contribution < -0.4 is 15.5 Å². The Bertz CT molecular complexity index is 1340. The van der Waals surface area contributed by atoms with E-state index >= 15 is 0 Å². The first kappa shape index (κ1) is 35.3. The van der Waals surface area contributed by atoms with E-state index in [0.717, 1.165) is 17.0 Å². The van der Waals surface area contributed by atoms with Gasteiger partial charge in [0, 0.05) is 26.6 Å². The van der Waals surface area contributed by atoms with Gasteiger partial charge in [-0.3, -0.25) is 29.3 Å². The summed E-state index contributed by atoms with van der Waals surface area (Å²) in [6, 6.07) is 8.55. The molecule has 13 nitrogen and oxygen atoms in total. The molecule has 1 aliphatic heterocycles. The average molecular weight is 628 g/mol. The molecule has 13 heteroatoms. The standard InChI is InChI=1S/C32H45N5O8/c1-20(2)17-23(24(29(40)34-43)19-37-30(41)32(3,4)36(7)31(37)42)28(39)33-25(27(38)26-9-8-15-45-26)18-21-10-12-22(13-11-21)44-16-14-35(5)6/h8-13,15,20,23-25,43H,14,16-19H2,1-7H3,(H,33,39)(H,34,40)/t23-,24?,25+/m1/s1. The number of likely N-dealkylation sites (N-methyl/N-ethyl adjacent to an activating group) is 2. The molecule has 3 atom stereocenters. The zero-order valence-corrected chi connectivity index (χ0v) is 27.0. The molecule has 1 unspecified atom stereocenters. The molecule has 0 bridgehead atoms. The lowest BCUT2D eigenvalue weighted by Gasteiger charge is -2.30. The Morgan fingerprint density at radius 1 is 1.04 bits per heavy atom. The number of Topliss-reactive ketones (excluding diaryl/α,β-unsaturated/α-hetero) is 1. The number of hydroxylamine groups is 1. The Balaban J connectivity index is 1.89. The molecule has 3 N–H and O–H groups in total. The van der Waals surface area contributed by atoms with E-state index < -0.39 is 59.5 Å². The van der Waals surface area contributed by atoms with E-state index in [9.17, 15) is 29.2 Å². The SMILES string of the molecule is CC(C)C[C@@H](C(=O)N[C@@H](Cc1ccc(OCCN(C)C)cc1)C(=O)c1ccco1)C(CN1C(=O)N(C)C(C)(C)C1=O)C(=O)NO. The maximum Gasteiger partial charge on any atom is 0.327 e. The van der Waals surface area contributed by atoms with Gasteiger partial charge in [0.2, 0.25) is 17.6 Å². The van der Waals surface area contributed by atoms with Gasteiger partial charge in [0.15, 0.2) is 5.76 Å². The molecule has 2 aromatic rings. The fourth-order valence-electron chi connectivity index (χ4n) is 5.16. The average Bonchev–Trinajstić information content (AvgIpc) is 3.58. The molecular weight excluding hydrogens is 582 g/mol. The molecule has 45 heavy (non-hydrogen) atoms. The number of furan rings is 1. The van der Waals surface area contributed by atoms with Crippen molar-refractivity contribution >= 4 is 29.5 Å². The molecule has 1 aromatic heterocycles. The Kier molecular flexibility index (Phi) is 11.9. The Morgan fingerprint density at radius 2 is 1.71 bits per heavy atom. The van der Waals surface area contributed by atoms with Crippen LogP contribution in [0.3, 0.4) is 0 Å². The molecule has 3 rings (SSSR count). The molecule has 1 aromatic carbocycles. The van der Waals surface area contributed by atoms with E-state index in [-0.39, 0.29) is 24.5 Å². The van der Waals surface area contributed by atoms with Gasteiger partial charge >= 0.3 is 6.03 Å². The van der Waals surface area contributed by atoms with Gasteiger partial charge in [-0.2, -0.15) is 0 Å². The Hall–Kier alpha value is -4.23. The summed E-state index contributed by atoms with van der Waals surface area (Å²) in [5, 5.41) is 12.4. The van der Waals surface area contributed by atoms with E-state index in [4.69, 9.17) is 9.15 Å².